The predicted molar refractivity (Wildman–Crippen MR) is 252 cm³/mol. The molecule has 0 fully saturated rings. The van der Waals surface area contributed by atoms with Gasteiger partial charge in [0.25, 0.3) is 0 Å². The Kier molecular flexibility index (Phi) is 46.4. The molecular formula is C53H96O6. The van der Waals surface area contributed by atoms with E-state index in [1.165, 1.54) is 161 Å². The quantitative estimate of drug-likeness (QED) is 0.0263. The van der Waals surface area contributed by atoms with E-state index in [-0.39, 0.29) is 31.1 Å². The molecule has 1 unspecified atom stereocenters. The summed E-state index contributed by atoms with van der Waals surface area (Å²) in [6, 6.07) is 0. The largest absolute Gasteiger partial charge is 0.462 e. The molecule has 0 heterocycles. The molecule has 0 saturated carbocycles. The number of hydrogen-bond donors (Lipinski definition) is 0. The van der Waals surface area contributed by atoms with Crippen LogP contribution in [0.15, 0.2) is 36.5 Å². The van der Waals surface area contributed by atoms with Crippen molar-refractivity contribution in [3.8, 4) is 0 Å². The van der Waals surface area contributed by atoms with Crippen LogP contribution in [0.5, 0.6) is 0 Å². The number of unbranched alkanes of at least 4 members (excludes halogenated alkanes) is 29. The van der Waals surface area contributed by atoms with Crippen LogP contribution in [0.25, 0.3) is 0 Å². The van der Waals surface area contributed by atoms with E-state index in [0.717, 1.165) is 57.8 Å². The number of allylic oxidation sites excluding steroid dienone is 6. The molecule has 0 rings (SSSR count). The van der Waals surface area contributed by atoms with Gasteiger partial charge in [-0.15, -0.1) is 0 Å². The van der Waals surface area contributed by atoms with E-state index in [1.54, 1.807) is 0 Å². The summed E-state index contributed by atoms with van der Waals surface area (Å²) in [4.78, 5) is 37.9. The maximum atomic E-state index is 12.7. The van der Waals surface area contributed by atoms with Gasteiger partial charge in [0.2, 0.25) is 0 Å². The fourth-order valence-electron chi connectivity index (χ4n) is 7.28. The van der Waals surface area contributed by atoms with Crippen molar-refractivity contribution in [2.24, 2.45) is 0 Å². The zero-order valence-electron chi connectivity index (χ0n) is 39.3. The number of rotatable bonds is 46. The molecule has 0 bridgehead atoms. The van der Waals surface area contributed by atoms with Gasteiger partial charge in [-0.05, 0) is 51.4 Å². The van der Waals surface area contributed by atoms with Gasteiger partial charge in [-0.25, -0.2) is 0 Å². The van der Waals surface area contributed by atoms with Crippen LogP contribution in [-0.2, 0) is 28.6 Å². The van der Waals surface area contributed by atoms with Crippen molar-refractivity contribution >= 4 is 17.9 Å². The van der Waals surface area contributed by atoms with Crippen LogP contribution in [0, 0.1) is 0 Å². The zero-order chi connectivity index (χ0) is 43.0. The molecule has 0 N–H and O–H groups in total. The van der Waals surface area contributed by atoms with E-state index in [1.807, 2.05) is 0 Å². The molecule has 344 valence electrons. The number of carbonyl (C=O) groups excluding carboxylic acids is 3. The van der Waals surface area contributed by atoms with E-state index in [0.29, 0.717) is 25.7 Å². The first-order valence-electron chi connectivity index (χ1n) is 25.5. The monoisotopic (exact) mass is 829 g/mol. The summed E-state index contributed by atoms with van der Waals surface area (Å²) in [6.07, 6.45) is 55.6. The summed E-state index contributed by atoms with van der Waals surface area (Å²) in [6.45, 7) is 6.60. The van der Waals surface area contributed by atoms with Crippen LogP contribution in [0.1, 0.15) is 265 Å². The van der Waals surface area contributed by atoms with Gasteiger partial charge < -0.3 is 14.2 Å². The first-order chi connectivity index (χ1) is 29.0. The summed E-state index contributed by atoms with van der Waals surface area (Å²) >= 11 is 0. The smallest absolute Gasteiger partial charge is 0.306 e. The predicted octanol–water partition coefficient (Wildman–Crippen LogP) is 16.5. The molecule has 0 aromatic carbocycles. The first-order valence-corrected chi connectivity index (χ1v) is 25.5. The SMILES string of the molecule is CCCCCCCC/C=C\C/C=C\C/C=C\CCCC(=O)OCC(COC(=O)CCCCCCCCCCCCCC)OC(=O)CCCCCCCCCCCCCC. The third kappa shape index (κ3) is 46.5. The lowest BCUT2D eigenvalue weighted by Gasteiger charge is -2.18. The first kappa shape index (κ1) is 56.6. The normalized spacial score (nSPS) is 12.3. The highest BCUT2D eigenvalue weighted by atomic mass is 16.6. The van der Waals surface area contributed by atoms with Crippen molar-refractivity contribution in [2.45, 2.75) is 271 Å². The molecule has 0 aliphatic heterocycles. The van der Waals surface area contributed by atoms with Gasteiger partial charge in [-0.2, -0.15) is 0 Å². The molecule has 0 aliphatic carbocycles. The summed E-state index contributed by atoms with van der Waals surface area (Å²) in [5.74, 6) is -0.929. The average Bonchev–Trinajstić information content (AvgIpc) is 3.23. The second-order valence-electron chi connectivity index (χ2n) is 17.1. The van der Waals surface area contributed by atoms with E-state index in [2.05, 4.69) is 57.2 Å². The maximum absolute atomic E-state index is 12.7. The summed E-state index contributed by atoms with van der Waals surface area (Å²) in [5.41, 5.74) is 0. The van der Waals surface area contributed by atoms with Crippen molar-refractivity contribution in [1.29, 1.82) is 0 Å². The zero-order valence-corrected chi connectivity index (χ0v) is 39.3. The van der Waals surface area contributed by atoms with Crippen LogP contribution in [0.3, 0.4) is 0 Å². The minimum atomic E-state index is -0.785. The van der Waals surface area contributed by atoms with E-state index in [4.69, 9.17) is 14.2 Å². The van der Waals surface area contributed by atoms with Crippen molar-refractivity contribution in [1.82, 2.24) is 0 Å². The molecule has 0 aromatic rings. The third-order valence-corrected chi connectivity index (χ3v) is 11.1. The second-order valence-corrected chi connectivity index (χ2v) is 17.1. The topological polar surface area (TPSA) is 78.9 Å². The van der Waals surface area contributed by atoms with Crippen molar-refractivity contribution < 1.29 is 28.6 Å². The summed E-state index contributed by atoms with van der Waals surface area (Å²) < 4.78 is 16.7. The Bertz CT molecular complexity index is 1000. The number of hydrogen-bond acceptors (Lipinski definition) is 6. The standard InChI is InChI=1S/C53H96O6/c1-4-7-10-13-16-19-22-25-26-27-28-29-32-34-37-40-43-46-52(55)58-49-50(59-53(56)47-44-41-38-35-31-24-21-18-15-12-9-6-3)48-57-51(54)45-42-39-36-33-30-23-20-17-14-11-8-5-2/h25-26,28-29,34,37,50H,4-24,27,30-33,35-36,38-49H2,1-3H3/b26-25-,29-28-,37-34-. The van der Waals surface area contributed by atoms with Crippen LogP contribution in [0.2, 0.25) is 0 Å². The highest BCUT2D eigenvalue weighted by molar-refractivity contribution is 5.71. The number of esters is 3. The Morgan fingerprint density at radius 2 is 0.627 bits per heavy atom. The maximum Gasteiger partial charge on any atom is 0.306 e. The van der Waals surface area contributed by atoms with Crippen LogP contribution < -0.4 is 0 Å². The highest BCUT2D eigenvalue weighted by Crippen LogP contribution is 2.15. The van der Waals surface area contributed by atoms with E-state index < -0.39 is 6.10 Å². The van der Waals surface area contributed by atoms with Gasteiger partial charge in [-0.1, -0.05) is 231 Å². The van der Waals surface area contributed by atoms with Crippen molar-refractivity contribution in [3.05, 3.63) is 36.5 Å². The van der Waals surface area contributed by atoms with Gasteiger partial charge in [0.1, 0.15) is 13.2 Å². The summed E-state index contributed by atoms with van der Waals surface area (Å²) in [7, 11) is 0. The Hall–Kier alpha value is -2.37. The van der Waals surface area contributed by atoms with Gasteiger partial charge in [0.05, 0.1) is 0 Å². The summed E-state index contributed by atoms with van der Waals surface area (Å²) in [5, 5.41) is 0. The minimum Gasteiger partial charge on any atom is -0.462 e. The molecule has 6 nitrogen and oxygen atoms in total. The van der Waals surface area contributed by atoms with E-state index >= 15 is 0 Å². The molecule has 0 saturated heterocycles. The fourth-order valence-corrected chi connectivity index (χ4v) is 7.28. The average molecular weight is 829 g/mol. The molecule has 0 amide bonds. The fraction of sp³-hybridized carbons (Fsp3) is 0.830. The lowest BCUT2D eigenvalue weighted by molar-refractivity contribution is -0.167. The molecule has 6 heteroatoms. The Labute approximate surface area is 365 Å². The van der Waals surface area contributed by atoms with Crippen molar-refractivity contribution in [3.63, 3.8) is 0 Å². The Balaban J connectivity index is 4.41. The molecular weight excluding hydrogens is 733 g/mol. The molecule has 0 radical (unpaired) electrons. The minimum absolute atomic E-state index is 0.0836. The second kappa shape index (κ2) is 48.3. The molecule has 0 aromatic heterocycles. The van der Waals surface area contributed by atoms with Crippen LogP contribution >= 0.6 is 0 Å². The molecule has 1 atom stereocenters. The van der Waals surface area contributed by atoms with Gasteiger partial charge in [0.15, 0.2) is 6.10 Å². The van der Waals surface area contributed by atoms with E-state index in [9.17, 15) is 14.4 Å². The molecule has 0 aliphatic rings. The highest BCUT2D eigenvalue weighted by Gasteiger charge is 2.19. The van der Waals surface area contributed by atoms with Gasteiger partial charge in [-0.3, -0.25) is 14.4 Å². The number of carbonyl (C=O) groups is 3. The van der Waals surface area contributed by atoms with Crippen LogP contribution in [0.4, 0.5) is 0 Å². The lowest BCUT2D eigenvalue weighted by atomic mass is 10.0. The van der Waals surface area contributed by atoms with Crippen LogP contribution in [-0.4, -0.2) is 37.2 Å². The van der Waals surface area contributed by atoms with Gasteiger partial charge in [0, 0.05) is 19.3 Å². The Morgan fingerprint density at radius 1 is 0.339 bits per heavy atom. The molecule has 59 heavy (non-hydrogen) atoms. The van der Waals surface area contributed by atoms with Crippen molar-refractivity contribution in [2.75, 3.05) is 13.2 Å². The van der Waals surface area contributed by atoms with Gasteiger partial charge >= 0.3 is 17.9 Å². The molecule has 0 spiro atoms. The number of ether oxygens (including phenoxy) is 3. The Morgan fingerprint density at radius 3 is 1.02 bits per heavy atom. The third-order valence-electron chi connectivity index (χ3n) is 11.1. The lowest BCUT2D eigenvalue weighted by Crippen LogP contribution is -2.30.